The fraction of sp³-hybridized carbons (Fsp3) is 0.560. The van der Waals surface area contributed by atoms with E-state index in [4.69, 9.17) is 4.98 Å². The van der Waals surface area contributed by atoms with Crippen molar-refractivity contribution in [2.75, 3.05) is 10.7 Å². The van der Waals surface area contributed by atoms with Crippen LogP contribution in [0.25, 0.3) is 10.2 Å². The zero-order valence-corrected chi connectivity index (χ0v) is 19.7. The summed E-state index contributed by atoms with van der Waals surface area (Å²) in [6.45, 7) is 2.25. The molecule has 5 rings (SSSR count). The predicted molar refractivity (Wildman–Crippen MR) is 129 cm³/mol. The molecule has 2 bridgehead atoms. The number of carbonyl (C=O) groups is 2. The molecule has 164 valence electrons. The molecule has 1 saturated carbocycles. The highest BCUT2D eigenvalue weighted by Gasteiger charge is 2.59. The number of thioether (sulfide) groups is 1. The number of fused-ring (bicyclic) bond motifs is 6. The first kappa shape index (κ1) is 21.2. The number of allylic oxidation sites excluding steroid dienone is 2. The van der Waals surface area contributed by atoms with Gasteiger partial charge in [0.25, 0.3) is 0 Å². The molecule has 0 radical (unpaired) electrons. The second-order valence-corrected chi connectivity index (χ2v) is 11.5. The van der Waals surface area contributed by atoms with Crippen molar-refractivity contribution in [3.05, 3.63) is 30.4 Å². The Bertz CT molecular complexity index is 984. The van der Waals surface area contributed by atoms with Crippen LogP contribution in [-0.2, 0) is 9.59 Å². The molecular weight excluding hydrogens is 424 g/mol. The first-order valence-electron chi connectivity index (χ1n) is 11.8. The van der Waals surface area contributed by atoms with E-state index >= 15 is 0 Å². The molecule has 6 heteroatoms. The van der Waals surface area contributed by atoms with Crippen LogP contribution in [0.3, 0.4) is 0 Å². The van der Waals surface area contributed by atoms with Crippen LogP contribution in [0.15, 0.2) is 34.7 Å². The van der Waals surface area contributed by atoms with E-state index in [1.165, 1.54) is 49.8 Å². The number of anilines is 1. The fourth-order valence-electron chi connectivity index (χ4n) is 5.47. The lowest BCUT2D eigenvalue weighted by Gasteiger charge is -2.17. The smallest absolute Gasteiger partial charge is 0.238 e. The summed E-state index contributed by atoms with van der Waals surface area (Å²) in [6.07, 6.45) is 14.5. The molecule has 3 aliphatic rings. The van der Waals surface area contributed by atoms with Gasteiger partial charge >= 0.3 is 0 Å². The molecule has 1 aliphatic heterocycles. The fourth-order valence-corrected chi connectivity index (χ4v) is 7.64. The number of carbonyl (C=O) groups excluding carboxylic acids is 2. The Morgan fingerprint density at radius 1 is 1.00 bits per heavy atom. The molecule has 2 heterocycles. The van der Waals surface area contributed by atoms with Crippen LogP contribution in [0, 0.1) is 23.7 Å². The van der Waals surface area contributed by atoms with E-state index < -0.39 is 0 Å². The van der Waals surface area contributed by atoms with Crippen LogP contribution >= 0.6 is 23.1 Å². The molecule has 31 heavy (non-hydrogen) atoms. The Labute approximate surface area is 192 Å². The SMILES string of the molecule is CCCCCCCCCSc1nc2ccc(N3C(=O)[C@@H]4[C@H](C3=O)[C@H]3C=C[C@H]4C3)cc2s1. The third-order valence-corrected chi connectivity index (χ3v) is 9.30. The van der Waals surface area contributed by atoms with Crippen molar-refractivity contribution in [3.8, 4) is 0 Å². The molecule has 1 aromatic heterocycles. The number of aromatic nitrogens is 1. The Morgan fingerprint density at radius 2 is 1.68 bits per heavy atom. The van der Waals surface area contributed by atoms with Gasteiger partial charge in [0, 0.05) is 5.75 Å². The summed E-state index contributed by atoms with van der Waals surface area (Å²) in [5.41, 5.74) is 1.67. The van der Waals surface area contributed by atoms with E-state index in [0.29, 0.717) is 5.69 Å². The number of benzene rings is 1. The van der Waals surface area contributed by atoms with E-state index in [0.717, 1.165) is 26.7 Å². The molecule has 2 amide bonds. The third kappa shape index (κ3) is 3.97. The maximum atomic E-state index is 13.1. The van der Waals surface area contributed by atoms with E-state index in [-0.39, 0.29) is 35.5 Å². The molecule has 2 aliphatic carbocycles. The number of unbranched alkanes of at least 4 members (excludes halogenated alkanes) is 6. The number of hydrogen-bond donors (Lipinski definition) is 0. The highest BCUT2D eigenvalue weighted by Crippen LogP contribution is 2.53. The van der Waals surface area contributed by atoms with E-state index in [9.17, 15) is 9.59 Å². The predicted octanol–water partition coefficient (Wildman–Crippen LogP) is 6.45. The van der Waals surface area contributed by atoms with Gasteiger partial charge in [-0.15, -0.1) is 11.3 Å². The van der Waals surface area contributed by atoms with Gasteiger partial charge in [-0.3, -0.25) is 9.59 Å². The lowest BCUT2D eigenvalue weighted by atomic mass is 9.85. The zero-order valence-electron chi connectivity index (χ0n) is 18.1. The summed E-state index contributed by atoms with van der Waals surface area (Å²) in [6, 6.07) is 5.83. The molecule has 0 unspecified atom stereocenters. The van der Waals surface area contributed by atoms with Gasteiger partial charge in [-0.1, -0.05) is 69.4 Å². The second-order valence-electron chi connectivity index (χ2n) is 9.11. The summed E-state index contributed by atoms with van der Waals surface area (Å²) >= 11 is 3.50. The number of thiazole rings is 1. The van der Waals surface area contributed by atoms with Gasteiger partial charge < -0.3 is 0 Å². The van der Waals surface area contributed by atoms with Gasteiger partial charge in [0.1, 0.15) is 0 Å². The first-order valence-corrected chi connectivity index (χ1v) is 13.6. The summed E-state index contributed by atoms with van der Waals surface area (Å²) in [7, 11) is 0. The maximum Gasteiger partial charge on any atom is 0.238 e. The minimum absolute atomic E-state index is 0.00995. The zero-order chi connectivity index (χ0) is 21.4. The molecule has 4 nitrogen and oxygen atoms in total. The minimum atomic E-state index is -0.146. The highest BCUT2D eigenvalue weighted by atomic mass is 32.2. The molecule has 2 aromatic rings. The average molecular weight is 455 g/mol. The van der Waals surface area contributed by atoms with Gasteiger partial charge in [0.15, 0.2) is 4.34 Å². The summed E-state index contributed by atoms with van der Waals surface area (Å²) < 4.78 is 2.13. The molecule has 4 atom stereocenters. The average Bonchev–Trinajstić information content (AvgIpc) is 3.52. The largest absolute Gasteiger partial charge is 0.274 e. The van der Waals surface area contributed by atoms with Crippen LogP contribution < -0.4 is 4.90 Å². The molecule has 2 fully saturated rings. The van der Waals surface area contributed by atoms with Crippen molar-refractivity contribution in [3.63, 3.8) is 0 Å². The van der Waals surface area contributed by atoms with Crippen molar-refractivity contribution in [2.45, 2.75) is 62.6 Å². The Kier molecular flexibility index (Phi) is 6.20. The Balaban J connectivity index is 1.21. The van der Waals surface area contributed by atoms with Crippen molar-refractivity contribution >= 4 is 50.8 Å². The maximum absolute atomic E-state index is 13.1. The van der Waals surface area contributed by atoms with Crippen LogP contribution in [0.4, 0.5) is 5.69 Å². The second kappa shape index (κ2) is 9.07. The quantitative estimate of drug-likeness (QED) is 0.179. The topological polar surface area (TPSA) is 50.3 Å². The highest BCUT2D eigenvalue weighted by molar-refractivity contribution is 8.01. The van der Waals surface area contributed by atoms with Gasteiger partial charge in [-0.05, 0) is 42.9 Å². The number of rotatable bonds is 10. The summed E-state index contributed by atoms with van der Waals surface area (Å²) in [5, 5.41) is 0. The standard InChI is InChI=1S/C25H30N2O2S2/c1-2-3-4-5-6-7-8-13-30-25-26-19-12-11-18(15-20(19)31-25)27-23(28)21-16-9-10-17(14-16)22(21)24(27)29/h9-12,15-17,21-22H,2-8,13-14H2,1H3/t16-,17-,21-,22+/m0/s1. The summed E-state index contributed by atoms with van der Waals surface area (Å²) in [5.74, 6) is 1.29. The normalized spacial score (nSPS) is 26.5. The first-order chi connectivity index (χ1) is 15.2. The van der Waals surface area contributed by atoms with Crippen LogP contribution in [0.5, 0.6) is 0 Å². The number of nitrogens with zero attached hydrogens (tertiary/aromatic N) is 2. The summed E-state index contributed by atoms with van der Waals surface area (Å²) in [4.78, 5) is 32.3. The van der Waals surface area contributed by atoms with Crippen molar-refractivity contribution < 1.29 is 9.59 Å². The third-order valence-electron chi connectivity index (χ3n) is 7.05. The van der Waals surface area contributed by atoms with Gasteiger partial charge in [0.2, 0.25) is 11.8 Å². The van der Waals surface area contributed by atoms with Crippen molar-refractivity contribution in [1.29, 1.82) is 0 Å². The monoisotopic (exact) mass is 454 g/mol. The van der Waals surface area contributed by atoms with Gasteiger partial charge in [0.05, 0.1) is 27.7 Å². The van der Waals surface area contributed by atoms with Crippen molar-refractivity contribution in [1.82, 2.24) is 4.98 Å². The lowest BCUT2D eigenvalue weighted by Crippen LogP contribution is -2.32. The molecule has 1 aromatic carbocycles. The van der Waals surface area contributed by atoms with E-state index in [1.807, 2.05) is 30.0 Å². The number of hydrogen-bond acceptors (Lipinski definition) is 5. The lowest BCUT2D eigenvalue weighted by molar-refractivity contribution is -0.123. The van der Waals surface area contributed by atoms with Crippen molar-refractivity contribution in [2.24, 2.45) is 23.7 Å². The molecule has 0 N–H and O–H groups in total. The van der Waals surface area contributed by atoms with E-state index in [1.54, 1.807) is 11.3 Å². The van der Waals surface area contributed by atoms with Gasteiger partial charge in [-0.2, -0.15) is 0 Å². The number of amides is 2. The van der Waals surface area contributed by atoms with Crippen LogP contribution in [0.1, 0.15) is 58.3 Å². The molecule has 0 spiro atoms. The minimum Gasteiger partial charge on any atom is -0.274 e. The Morgan fingerprint density at radius 3 is 2.39 bits per heavy atom. The van der Waals surface area contributed by atoms with E-state index in [2.05, 4.69) is 19.1 Å². The Hall–Kier alpha value is -1.66. The number of imide groups is 1. The molecule has 1 saturated heterocycles. The van der Waals surface area contributed by atoms with Crippen LogP contribution in [0.2, 0.25) is 0 Å². The molecular formula is C25H30N2O2S2. The van der Waals surface area contributed by atoms with Crippen LogP contribution in [-0.4, -0.2) is 22.6 Å². The van der Waals surface area contributed by atoms with Gasteiger partial charge in [-0.25, -0.2) is 9.88 Å².